The van der Waals surface area contributed by atoms with E-state index in [0.29, 0.717) is 27.3 Å². The molecule has 0 unspecified atom stereocenters. The summed E-state index contributed by atoms with van der Waals surface area (Å²) in [5.41, 5.74) is 1.47. The van der Waals surface area contributed by atoms with Gasteiger partial charge < -0.3 is 9.84 Å². The number of phenols is 1. The highest BCUT2D eigenvalue weighted by molar-refractivity contribution is 9.10. The Bertz CT molecular complexity index is 882. The lowest BCUT2D eigenvalue weighted by molar-refractivity contribution is -0.113. The first-order valence-corrected chi connectivity index (χ1v) is 9.51. The molecular formula is C18H14BrNO3S2. The number of benzene rings is 2. The van der Waals surface area contributed by atoms with Crippen molar-refractivity contribution >= 4 is 61.9 Å². The molecule has 0 aliphatic carbocycles. The highest BCUT2D eigenvalue weighted by Gasteiger charge is 2.34. The van der Waals surface area contributed by atoms with E-state index in [1.54, 1.807) is 24.3 Å². The second-order valence-electron chi connectivity index (χ2n) is 5.13. The Balaban J connectivity index is 1.93. The molecule has 7 heteroatoms. The molecule has 2 aromatic rings. The molecule has 4 nitrogen and oxygen atoms in total. The maximum atomic E-state index is 12.8. The zero-order valence-corrected chi connectivity index (χ0v) is 16.5. The van der Waals surface area contributed by atoms with E-state index in [4.69, 9.17) is 17.0 Å². The number of phenolic OH excluding ortho intramolecular Hbond substituents is 1. The Morgan fingerprint density at radius 2 is 2.08 bits per heavy atom. The summed E-state index contributed by atoms with van der Waals surface area (Å²) in [4.78, 5) is 14.8. The number of carbonyl (C=O) groups is 1. The molecule has 1 N–H and O–H groups in total. The second-order valence-corrected chi connectivity index (χ2v) is 7.66. The number of rotatable bonds is 4. The highest BCUT2D eigenvalue weighted by Crippen LogP contribution is 2.39. The van der Waals surface area contributed by atoms with Gasteiger partial charge in [0.25, 0.3) is 5.91 Å². The van der Waals surface area contributed by atoms with E-state index >= 15 is 0 Å². The normalized spacial score (nSPS) is 15.9. The third-order valence-corrected chi connectivity index (χ3v) is 5.44. The van der Waals surface area contributed by atoms with Crippen LogP contribution in [0.1, 0.15) is 12.5 Å². The van der Waals surface area contributed by atoms with Crippen LogP contribution in [-0.2, 0) is 4.79 Å². The smallest absolute Gasteiger partial charge is 0.270 e. The fourth-order valence-electron chi connectivity index (χ4n) is 2.35. The van der Waals surface area contributed by atoms with Gasteiger partial charge in [0.2, 0.25) is 0 Å². The summed E-state index contributed by atoms with van der Waals surface area (Å²) in [5, 5.41) is 9.79. The van der Waals surface area contributed by atoms with Crippen LogP contribution in [-0.4, -0.2) is 21.9 Å². The van der Waals surface area contributed by atoms with Gasteiger partial charge in [0, 0.05) is 4.47 Å². The summed E-state index contributed by atoms with van der Waals surface area (Å²) in [7, 11) is 0. The van der Waals surface area contributed by atoms with Gasteiger partial charge in [-0.15, -0.1) is 0 Å². The molecule has 2 aromatic carbocycles. The molecule has 0 atom stereocenters. The number of halogens is 1. The van der Waals surface area contributed by atoms with Crippen LogP contribution in [0.15, 0.2) is 51.8 Å². The number of aromatic hydroxyl groups is 1. The fraction of sp³-hybridized carbons (Fsp3) is 0.111. The van der Waals surface area contributed by atoms with Crippen LogP contribution in [0.3, 0.4) is 0 Å². The number of thiocarbonyl (C=S) groups is 1. The van der Waals surface area contributed by atoms with Crippen molar-refractivity contribution in [1.82, 2.24) is 0 Å². The summed E-state index contributed by atoms with van der Waals surface area (Å²) in [6.07, 6.45) is 1.75. The quantitative estimate of drug-likeness (QED) is 0.543. The zero-order valence-electron chi connectivity index (χ0n) is 13.2. The Labute approximate surface area is 163 Å². The molecule has 0 aromatic heterocycles. The minimum Gasteiger partial charge on any atom is -0.504 e. The molecule has 0 bridgehead atoms. The summed E-state index contributed by atoms with van der Waals surface area (Å²) in [6, 6.07) is 12.4. The van der Waals surface area contributed by atoms with Crippen LogP contribution in [0.5, 0.6) is 11.5 Å². The molecule has 3 rings (SSSR count). The Morgan fingerprint density at radius 3 is 2.80 bits per heavy atom. The van der Waals surface area contributed by atoms with Crippen LogP contribution in [0.4, 0.5) is 5.69 Å². The first-order valence-electron chi connectivity index (χ1n) is 7.49. The van der Waals surface area contributed by atoms with E-state index < -0.39 is 0 Å². The van der Waals surface area contributed by atoms with E-state index in [0.717, 1.165) is 10.0 Å². The van der Waals surface area contributed by atoms with Crippen molar-refractivity contribution in [1.29, 1.82) is 0 Å². The molecule has 1 aliphatic heterocycles. The number of ether oxygens (including phenoxy) is 1. The summed E-state index contributed by atoms with van der Waals surface area (Å²) in [6.45, 7) is 2.29. The average Bonchev–Trinajstić information content (AvgIpc) is 2.85. The minimum absolute atomic E-state index is 0.0692. The van der Waals surface area contributed by atoms with Gasteiger partial charge in [0.05, 0.1) is 17.2 Å². The average molecular weight is 436 g/mol. The lowest BCUT2D eigenvalue weighted by atomic mass is 10.2. The second kappa shape index (κ2) is 7.59. The number of thioether (sulfide) groups is 1. The van der Waals surface area contributed by atoms with Gasteiger partial charge in [-0.2, -0.15) is 0 Å². The van der Waals surface area contributed by atoms with E-state index in [-0.39, 0.29) is 11.7 Å². The van der Waals surface area contributed by atoms with E-state index in [1.807, 2.05) is 31.2 Å². The maximum absolute atomic E-state index is 12.8. The van der Waals surface area contributed by atoms with Crippen molar-refractivity contribution in [2.45, 2.75) is 6.92 Å². The number of anilines is 1. The standard InChI is InChI=1S/C18H14BrNO3S2/c1-2-23-15-9-11(7-8-14(15)21)10-16-17(22)20(18(24)25-16)13-6-4-3-5-12(13)19/h3-10,21H,2H2,1H3/b16-10-. The van der Waals surface area contributed by atoms with Crippen LogP contribution < -0.4 is 9.64 Å². The monoisotopic (exact) mass is 435 g/mol. The number of carbonyl (C=O) groups excluding carboxylic acids is 1. The first kappa shape index (κ1) is 18.0. The van der Waals surface area contributed by atoms with Crippen LogP contribution >= 0.6 is 39.9 Å². The van der Waals surface area contributed by atoms with E-state index in [1.165, 1.54) is 16.7 Å². The molecule has 1 saturated heterocycles. The van der Waals surface area contributed by atoms with Crippen molar-refractivity contribution in [2.75, 3.05) is 11.5 Å². The molecule has 1 amide bonds. The van der Waals surface area contributed by atoms with Gasteiger partial charge in [-0.25, -0.2) is 0 Å². The predicted molar refractivity (Wildman–Crippen MR) is 109 cm³/mol. The van der Waals surface area contributed by atoms with Gasteiger partial charge in [0.1, 0.15) is 0 Å². The van der Waals surface area contributed by atoms with Gasteiger partial charge in [-0.3, -0.25) is 9.69 Å². The van der Waals surface area contributed by atoms with Crippen molar-refractivity contribution in [2.24, 2.45) is 0 Å². The molecule has 1 heterocycles. The van der Waals surface area contributed by atoms with Crippen molar-refractivity contribution in [3.8, 4) is 11.5 Å². The fourth-order valence-corrected chi connectivity index (χ4v) is 4.10. The topological polar surface area (TPSA) is 49.8 Å². The molecule has 0 spiro atoms. The van der Waals surface area contributed by atoms with Crippen molar-refractivity contribution in [3.05, 3.63) is 57.4 Å². The number of nitrogens with zero attached hydrogens (tertiary/aromatic N) is 1. The molecule has 1 aliphatic rings. The lowest BCUT2D eigenvalue weighted by Crippen LogP contribution is -2.27. The maximum Gasteiger partial charge on any atom is 0.270 e. The third-order valence-electron chi connectivity index (χ3n) is 3.47. The number of para-hydroxylation sites is 1. The Hall–Kier alpha value is -1.83. The Morgan fingerprint density at radius 1 is 1.32 bits per heavy atom. The van der Waals surface area contributed by atoms with Crippen molar-refractivity contribution < 1.29 is 14.6 Å². The third kappa shape index (κ3) is 3.73. The molecule has 25 heavy (non-hydrogen) atoms. The Kier molecular flexibility index (Phi) is 5.46. The molecule has 0 radical (unpaired) electrons. The summed E-state index contributed by atoms with van der Waals surface area (Å²) < 4.78 is 6.66. The van der Waals surface area contributed by atoms with Gasteiger partial charge in [-0.05, 0) is 58.8 Å². The van der Waals surface area contributed by atoms with Gasteiger partial charge >= 0.3 is 0 Å². The van der Waals surface area contributed by atoms with E-state index in [9.17, 15) is 9.90 Å². The van der Waals surface area contributed by atoms with Crippen LogP contribution in [0, 0.1) is 0 Å². The van der Waals surface area contributed by atoms with Crippen LogP contribution in [0.2, 0.25) is 0 Å². The molecule has 128 valence electrons. The number of amides is 1. The number of hydrogen-bond donors (Lipinski definition) is 1. The summed E-state index contributed by atoms with van der Waals surface area (Å²) in [5.74, 6) is 0.283. The van der Waals surface area contributed by atoms with Crippen LogP contribution in [0.25, 0.3) is 6.08 Å². The SMILES string of the molecule is CCOc1cc(/C=C2\SC(=S)N(c3ccccc3Br)C2=O)ccc1O. The molecule has 0 saturated carbocycles. The summed E-state index contributed by atoms with van der Waals surface area (Å²) >= 11 is 10.1. The predicted octanol–water partition coefficient (Wildman–Crippen LogP) is 4.96. The molecule has 1 fully saturated rings. The van der Waals surface area contributed by atoms with Gasteiger partial charge in [0.15, 0.2) is 15.8 Å². The highest BCUT2D eigenvalue weighted by atomic mass is 79.9. The molecular weight excluding hydrogens is 422 g/mol. The van der Waals surface area contributed by atoms with Crippen molar-refractivity contribution in [3.63, 3.8) is 0 Å². The van der Waals surface area contributed by atoms with E-state index in [2.05, 4.69) is 15.9 Å². The van der Waals surface area contributed by atoms with Gasteiger partial charge in [-0.1, -0.05) is 42.2 Å². The lowest BCUT2D eigenvalue weighted by Gasteiger charge is -2.15. The minimum atomic E-state index is -0.173. The number of hydrogen-bond acceptors (Lipinski definition) is 5. The zero-order chi connectivity index (χ0) is 18.0. The largest absolute Gasteiger partial charge is 0.504 e. The first-order chi connectivity index (χ1) is 12.0.